The Morgan fingerprint density at radius 2 is 2.00 bits per heavy atom. The summed E-state index contributed by atoms with van der Waals surface area (Å²) < 4.78 is 5.63. The van der Waals surface area contributed by atoms with Gasteiger partial charge in [0.1, 0.15) is 12.4 Å². The zero-order valence-electron chi connectivity index (χ0n) is 9.79. The van der Waals surface area contributed by atoms with E-state index in [1.54, 1.807) is 0 Å². The number of rotatable bonds is 3. The molecule has 0 aromatic heterocycles. The fraction of sp³-hybridized carbons (Fsp3) is 0.462. The number of hydrogen-bond donors (Lipinski definition) is 0. The molecule has 1 aromatic rings. The molecule has 0 amide bonds. The summed E-state index contributed by atoms with van der Waals surface area (Å²) in [6, 6.07) is 6.31. The Kier molecular flexibility index (Phi) is 3.74. The van der Waals surface area contributed by atoms with E-state index < -0.39 is 0 Å². The van der Waals surface area contributed by atoms with Crippen molar-refractivity contribution in [2.24, 2.45) is 5.92 Å². The lowest BCUT2D eigenvalue weighted by molar-refractivity contribution is 0.286. The van der Waals surface area contributed by atoms with Crippen LogP contribution in [0, 0.1) is 38.0 Å². The number of ether oxygens (including phenoxy) is 1. The van der Waals surface area contributed by atoms with E-state index in [9.17, 15) is 0 Å². The Morgan fingerprint density at radius 3 is 2.60 bits per heavy atom. The van der Waals surface area contributed by atoms with Crippen LogP contribution in [0.5, 0.6) is 5.75 Å². The van der Waals surface area contributed by atoms with Crippen LogP contribution >= 0.6 is 0 Å². The molecule has 15 heavy (non-hydrogen) atoms. The molecular formula is C13H17NO. The summed E-state index contributed by atoms with van der Waals surface area (Å²) in [4.78, 5) is 0. The first-order valence-corrected chi connectivity index (χ1v) is 5.15. The van der Waals surface area contributed by atoms with E-state index in [0.29, 0.717) is 6.61 Å². The lowest BCUT2D eigenvalue weighted by Crippen LogP contribution is -2.07. The molecule has 0 aliphatic heterocycles. The second-order valence-electron chi connectivity index (χ2n) is 4.05. The Hall–Kier alpha value is -1.49. The lowest BCUT2D eigenvalue weighted by atomic mass is 10.1. The maximum atomic E-state index is 8.66. The highest BCUT2D eigenvalue weighted by Gasteiger charge is 2.06. The van der Waals surface area contributed by atoms with Crippen LogP contribution in [0.4, 0.5) is 0 Å². The van der Waals surface area contributed by atoms with E-state index in [1.807, 2.05) is 26.8 Å². The molecule has 0 radical (unpaired) electrons. The molecule has 1 atom stereocenters. The zero-order chi connectivity index (χ0) is 11.4. The van der Waals surface area contributed by atoms with Gasteiger partial charge < -0.3 is 4.74 Å². The van der Waals surface area contributed by atoms with Gasteiger partial charge >= 0.3 is 0 Å². The van der Waals surface area contributed by atoms with Gasteiger partial charge in [0.05, 0.1) is 12.0 Å². The van der Waals surface area contributed by atoms with E-state index in [-0.39, 0.29) is 5.92 Å². The molecule has 0 N–H and O–H groups in total. The molecule has 2 nitrogen and oxygen atoms in total. The molecular weight excluding hydrogens is 186 g/mol. The third-order valence-electron chi connectivity index (χ3n) is 2.47. The number of benzene rings is 1. The minimum atomic E-state index is -0.0646. The SMILES string of the molecule is Cc1cc(C)c(C)c(OCC(C)C#N)c1. The van der Waals surface area contributed by atoms with Gasteiger partial charge in [0, 0.05) is 0 Å². The van der Waals surface area contributed by atoms with Gasteiger partial charge in [-0.15, -0.1) is 0 Å². The van der Waals surface area contributed by atoms with Crippen molar-refractivity contribution >= 4 is 0 Å². The van der Waals surface area contributed by atoms with Crippen LogP contribution < -0.4 is 4.74 Å². The van der Waals surface area contributed by atoms with Gasteiger partial charge in [-0.05, 0) is 50.5 Å². The summed E-state index contributed by atoms with van der Waals surface area (Å²) >= 11 is 0. The average Bonchev–Trinajstić information content (AvgIpc) is 2.20. The molecule has 0 fully saturated rings. The predicted molar refractivity (Wildman–Crippen MR) is 60.9 cm³/mol. The molecule has 0 aliphatic rings. The molecule has 0 saturated heterocycles. The summed E-state index contributed by atoms with van der Waals surface area (Å²) in [5.74, 6) is 0.833. The first-order valence-electron chi connectivity index (χ1n) is 5.15. The van der Waals surface area contributed by atoms with Crippen LogP contribution in [0.15, 0.2) is 12.1 Å². The number of hydrogen-bond acceptors (Lipinski definition) is 2. The van der Waals surface area contributed by atoms with E-state index in [1.165, 1.54) is 11.1 Å². The minimum absolute atomic E-state index is 0.0646. The highest BCUT2D eigenvalue weighted by Crippen LogP contribution is 2.23. The van der Waals surface area contributed by atoms with Crippen molar-refractivity contribution in [3.05, 3.63) is 28.8 Å². The Balaban J connectivity index is 2.82. The van der Waals surface area contributed by atoms with Crippen LogP contribution in [0.3, 0.4) is 0 Å². The third-order valence-corrected chi connectivity index (χ3v) is 2.47. The maximum absolute atomic E-state index is 8.66. The normalized spacial score (nSPS) is 11.9. The Bertz CT molecular complexity index is 390. The fourth-order valence-electron chi connectivity index (χ4n) is 1.40. The summed E-state index contributed by atoms with van der Waals surface area (Å²) in [7, 11) is 0. The van der Waals surface area contributed by atoms with Crippen LogP contribution in [0.25, 0.3) is 0 Å². The molecule has 1 unspecified atom stereocenters. The van der Waals surface area contributed by atoms with Crippen molar-refractivity contribution in [1.29, 1.82) is 5.26 Å². The Morgan fingerprint density at radius 1 is 1.33 bits per heavy atom. The number of aryl methyl sites for hydroxylation is 2. The predicted octanol–water partition coefficient (Wildman–Crippen LogP) is 3.15. The van der Waals surface area contributed by atoms with Crippen molar-refractivity contribution in [3.63, 3.8) is 0 Å². The summed E-state index contributed by atoms with van der Waals surface area (Å²) in [5.41, 5.74) is 3.58. The third kappa shape index (κ3) is 2.99. The van der Waals surface area contributed by atoms with Gasteiger partial charge in [-0.1, -0.05) is 6.07 Å². The highest BCUT2D eigenvalue weighted by molar-refractivity contribution is 5.41. The van der Waals surface area contributed by atoms with Gasteiger partial charge in [-0.25, -0.2) is 0 Å². The largest absolute Gasteiger partial charge is 0.492 e. The molecule has 0 heterocycles. The van der Waals surface area contributed by atoms with E-state index in [0.717, 1.165) is 11.3 Å². The maximum Gasteiger partial charge on any atom is 0.122 e. The molecule has 0 aliphatic carbocycles. The van der Waals surface area contributed by atoms with Gasteiger partial charge in [0.2, 0.25) is 0 Å². The number of nitriles is 1. The second-order valence-corrected chi connectivity index (χ2v) is 4.05. The lowest BCUT2D eigenvalue weighted by Gasteiger charge is -2.12. The monoisotopic (exact) mass is 203 g/mol. The molecule has 1 aromatic carbocycles. The highest BCUT2D eigenvalue weighted by atomic mass is 16.5. The first-order chi connectivity index (χ1) is 7.04. The average molecular weight is 203 g/mol. The van der Waals surface area contributed by atoms with Gasteiger partial charge in [0.15, 0.2) is 0 Å². The van der Waals surface area contributed by atoms with Crippen LogP contribution in [-0.4, -0.2) is 6.61 Å². The summed E-state index contributed by atoms with van der Waals surface area (Å²) in [6.45, 7) is 8.48. The van der Waals surface area contributed by atoms with Crippen LogP contribution in [0.1, 0.15) is 23.6 Å². The van der Waals surface area contributed by atoms with Gasteiger partial charge in [-0.2, -0.15) is 5.26 Å². The van der Waals surface area contributed by atoms with E-state index in [4.69, 9.17) is 10.00 Å². The van der Waals surface area contributed by atoms with Crippen molar-refractivity contribution in [2.75, 3.05) is 6.61 Å². The van der Waals surface area contributed by atoms with Crippen molar-refractivity contribution in [2.45, 2.75) is 27.7 Å². The minimum Gasteiger partial charge on any atom is -0.492 e. The second kappa shape index (κ2) is 4.84. The molecule has 0 spiro atoms. The summed E-state index contributed by atoms with van der Waals surface area (Å²) in [5, 5.41) is 8.66. The number of nitrogens with zero attached hydrogens (tertiary/aromatic N) is 1. The molecule has 80 valence electrons. The first kappa shape index (κ1) is 11.6. The molecule has 2 heteroatoms. The zero-order valence-corrected chi connectivity index (χ0v) is 9.79. The van der Waals surface area contributed by atoms with Crippen molar-refractivity contribution in [1.82, 2.24) is 0 Å². The standard InChI is InChI=1S/C13H17NO/c1-9-5-11(3)12(4)13(6-9)15-8-10(2)7-14/h5-6,10H,8H2,1-4H3. The topological polar surface area (TPSA) is 33.0 Å². The molecule has 0 bridgehead atoms. The van der Waals surface area contributed by atoms with Gasteiger partial charge in [0.25, 0.3) is 0 Å². The van der Waals surface area contributed by atoms with Crippen molar-refractivity contribution in [3.8, 4) is 11.8 Å². The van der Waals surface area contributed by atoms with Crippen molar-refractivity contribution < 1.29 is 4.74 Å². The van der Waals surface area contributed by atoms with Crippen LogP contribution in [-0.2, 0) is 0 Å². The molecule has 1 rings (SSSR count). The quantitative estimate of drug-likeness (QED) is 0.756. The van der Waals surface area contributed by atoms with E-state index in [2.05, 4.69) is 19.1 Å². The van der Waals surface area contributed by atoms with Crippen LogP contribution in [0.2, 0.25) is 0 Å². The fourth-order valence-corrected chi connectivity index (χ4v) is 1.40. The van der Waals surface area contributed by atoms with Gasteiger partial charge in [-0.3, -0.25) is 0 Å². The Labute approximate surface area is 91.5 Å². The summed E-state index contributed by atoms with van der Waals surface area (Å²) in [6.07, 6.45) is 0. The molecule has 0 saturated carbocycles. The smallest absolute Gasteiger partial charge is 0.122 e. The van der Waals surface area contributed by atoms with E-state index >= 15 is 0 Å².